The molecule has 1 fully saturated rings. The number of carbonyl (C=O) groups is 2. The van der Waals surface area contributed by atoms with Gasteiger partial charge in [0.1, 0.15) is 0 Å². The fourth-order valence-corrected chi connectivity index (χ4v) is 4.57. The summed E-state index contributed by atoms with van der Waals surface area (Å²) in [5.41, 5.74) is 2.60. The Morgan fingerprint density at radius 3 is 2.33 bits per heavy atom. The van der Waals surface area contributed by atoms with Crippen LogP contribution in [0, 0.1) is 10.1 Å². The molecule has 2 N–H and O–H groups in total. The number of non-ortho nitro benzene ring substituents is 1. The lowest BCUT2D eigenvalue weighted by Gasteiger charge is -2.31. The Bertz CT molecular complexity index is 1280. The summed E-state index contributed by atoms with van der Waals surface area (Å²) in [6, 6.07) is 18.4. The SMILES string of the molecule is CC(NC(=O)c1cc(NC(=O)c2ccc([N+](=O)[O-])cc2Cl)ccc1N1CCCCC1)c1ccccc1. The van der Waals surface area contributed by atoms with Crippen LogP contribution in [0.4, 0.5) is 17.1 Å². The van der Waals surface area contributed by atoms with Crippen molar-refractivity contribution in [2.45, 2.75) is 32.2 Å². The van der Waals surface area contributed by atoms with Gasteiger partial charge in [-0.15, -0.1) is 0 Å². The minimum absolute atomic E-state index is 0.0266. The molecule has 0 radical (unpaired) electrons. The lowest BCUT2D eigenvalue weighted by molar-refractivity contribution is -0.384. The van der Waals surface area contributed by atoms with E-state index in [1.165, 1.54) is 12.1 Å². The highest BCUT2D eigenvalue weighted by molar-refractivity contribution is 6.34. The van der Waals surface area contributed by atoms with Crippen LogP contribution < -0.4 is 15.5 Å². The topological polar surface area (TPSA) is 105 Å². The zero-order valence-electron chi connectivity index (χ0n) is 19.9. The maximum atomic E-state index is 13.4. The Morgan fingerprint density at radius 2 is 1.67 bits per heavy atom. The van der Waals surface area contributed by atoms with Gasteiger partial charge in [0.15, 0.2) is 0 Å². The zero-order chi connectivity index (χ0) is 25.7. The highest BCUT2D eigenvalue weighted by Gasteiger charge is 2.22. The lowest BCUT2D eigenvalue weighted by Crippen LogP contribution is -2.33. The summed E-state index contributed by atoms with van der Waals surface area (Å²) in [5.74, 6) is -0.763. The van der Waals surface area contributed by atoms with Crippen LogP contribution in [0.1, 0.15) is 58.5 Å². The normalized spacial score (nSPS) is 14.1. The van der Waals surface area contributed by atoms with Gasteiger partial charge in [-0.25, -0.2) is 0 Å². The first-order chi connectivity index (χ1) is 17.3. The number of piperidine rings is 1. The number of hydrogen-bond donors (Lipinski definition) is 2. The molecule has 3 aromatic rings. The fourth-order valence-electron chi connectivity index (χ4n) is 4.31. The molecule has 0 spiro atoms. The predicted molar refractivity (Wildman–Crippen MR) is 141 cm³/mol. The van der Waals surface area contributed by atoms with Crippen molar-refractivity contribution in [1.82, 2.24) is 5.32 Å². The molecule has 3 aromatic carbocycles. The van der Waals surface area contributed by atoms with Gasteiger partial charge in [0.2, 0.25) is 0 Å². The molecule has 186 valence electrons. The first kappa shape index (κ1) is 25.2. The van der Waals surface area contributed by atoms with Gasteiger partial charge in [-0.1, -0.05) is 41.9 Å². The van der Waals surface area contributed by atoms with Gasteiger partial charge in [-0.2, -0.15) is 0 Å². The highest BCUT2D eigenvalue weighted by Crippen LogP contribution is 2.29. The van der Waals surface area contributed by atoms with Crippen LogP contribution in [0.15, 0.2) is 66.7 Å². The van der Waals surface area contributed by atoms with Crippen LogP contribution in [0.3, 0.4) is 0 Å². The molecule has 1 aliphatic rings. The molecule has 0 aromatic heterocycles. The molecule has 9 heteroatoms. The summed E-state index contributed by atoms with van der Waals surface area (Å²) >= 11 is 6.12. The number of nitro benzene ring substituents is 1. The van der Waals surface area contributed by atoms with Crippen molar-refractivity contribution in [3.8, 4) is 0 Å². The number of benzene rings is 3. The maximum Gasteiger partial charge on any atom is 0.270 e. The first-order valence-corrected chi connectivity index (χ1v) is 12.2. The van der Waals surface area contributed by atoms with Gasteiger partial charge in [0.25, 0.3) is 17.5 Å². The van der Waals surface area contributed by atoms with Gasteiger partial charge < -0.3 is 15.5 Å². The molecular formula is C27H27ClN4O4. The second-order valence-corrected chi connectivity index (χ2v) is 9.17. The third-order valence-electron chi connectivity index (χ3n) is 6.25. The van der Waals surface area contributed by atoms with Crippen LogP contribution in [0.25, 0.3) is 0 Å². The molecule has 1 atom stereocenters. The zero-order valence-corrected chi connectivity index (χ0v) is 20.6. The van der Waals surface area contributed by atoms with E-state index in [1.807, 2.05) is 43.3 Å². The number of nitrogens with one attached hydrogen (secondary N) is 2. The van der Waals surface area contributed by atoms with Crippen molar-refractivity contribution in [3.05, 3.63) is 98.6 Å². The van der Waals surface area contributed by atoms with E-state index in [9.17, 15) is 19.7 Å². The van der Waals surface area contributed by atoms with Gasteiger partial charge in [-0.05, 0) is 56.0 Å². The molecule has 0 aliphatic carbocycles. The molecule has 0 saturated carbocycles. The smallest absolute Gasteiger partial charge is 0.270 e. The lowest BCUT2D eigenvalue weighted by atomic mass is 10.0. The van der Waals surface area contributed by atoms with Crippen molar-refractivity contribution < 1.29 is 14.5 Å². The molecule has 2 amide bonds. The molecule has 1 unspecified atom stereocenters. The van der Waals surface area contributed by atoms with E-state index in [1.54, 1.807) is 12.1 Å². The summed E-state index contributed by atoms with van der Waals surface area (Å²) in [5, 5.41) is 16.8. The monoisotopic (exact) mass is 506 g/mol. The van der Waals surface area contributed by atoms with Gasteiger partial charge in [-0.3, -0.25) is 19.7 Å². The molecule has 1 aliphatic heterocycles. The summed E-state index contributed by atoms with van der Waals surface area (Å²) in [6.07, 6.45) is 3.27. The Morgan fingerprint density at radius 1 is 0.944 bits per heavy atom. The minimum atomic E-state index is -0.575. The summed E-state index contributed by atoms with van der Waals surface area (Å²) in [7, 11) is 0. The molecule has 4 rings (SSSR count). The Balaban J connectivity index is 1.60. The predicted octanol–water partition coefficient (Wildman–Crippen LogP) is 5.98. The number of nitrogens with zero attached hydrogens (tertiary/aromatic N) is 2. The standard InChI is InChI=1S/C27H27ClN4O4/c1-18(19-8-4-2-5-9-19)29-27(34)23-16-20(10-13-25(23)31-14-6-3-7-15-31)30-26(33)22-12-11-21(32(35)36)17-24(22)28/h2,4-5,8-13,16-18H,3,6-7,14-15H2,1H3,(H,29,34)(H,30,33). The van der Waals surface area contributed by atoms with Gasteiger partial charge in [0, 0.05) is 36.6 Å². The van der Waals surface area contributed by atoms with E-state index < -0.39 is 10.8 Å². The summed E-state index contributed by atoms with van der Waals surface area (Å²) in [6.45, 7) is 3.65. The average molecular weight is 507 g/mol. The van der Waals surface area contributed by atoms with Gasteiger partial charge in [0.05, 0.1) is 27.1 Å². The van der Waals surface area contributed by atoms with Crippen molar-refractivity contribution in [2.75, 3.05) is 23.3 Å². The van der Waals surface area contributed by atoms with Crippen LogP contribution in [-0.4, -0.2) is 29.8 Å². The van der Waals surface area contributed by atoms with Crippen LogP contribution in [0.5, 0.6) is 0 Å². The largest absolute Gasteiger partial charge is 0.371 e. The number of amides is 2. The Labute approximate surface area is 214 Å². The van der Waals surface area contributed by atoms with Crippen molar-refractivity contribution in [2.24, 2.45) is 0 Å². The quantitative estimate of drug-likeness (QED) is 0.303. The maximum absolute atomic E-state index is 13.4. The minimum Gasteiger partial charge on any atom is -0.371 e. The van der Waals surface area contributed by atoms with Crippen molar-refractivity contribution in [3.63, 3.8) is 0 Å². The van der Waals surface area contributed by atoms with Crippen LogP contribution in [0.2, 0.25) is 5.02 Å². The number of rotatable bonds is 7. The third kappa shape index (κ3) is 5.83. The number of anilines is 2. The summed E-state index contributed by atoms with van der Waals surface area (Å²) in [4.78, 5) is 38.9. The van der Waals surface area contributed by atoms with Crippen molar-refractivity contribution in [1.29, 1.82) is 0 Å². The molecule has 0 bridgehead atoms. The number of hydrogen-bond acceptors (Lipinski definition) is 5. The first-order valence-electron chi connectivity index (χ1n) is 11.8. The molecule has 1 heterocycles. The second kappa shape index (κ2) is 11.2. The van der Waals surface area contributed by atoms with Gasteiger partial charge >= 0.3 is 0 Å². The van der Waals surface area contributed by atoms with E-state index in [2.05, 4.69) is 15.5 Å². The highest BCUT2D eigenvalue weighted by atomic mass is 35.5. The number of halogens is 1. The average Bonchev–Trinajstić information content (AvgIpc) is 2.89. The van der Waals surface area contributed by atoms with E-state index in [0.717, 1.165) is 49.7 Å². The van der Waals surface area contributed by atoms with Crippen molar-refractivity contribution >= 4 is 40.5 Å². The Kier molecular flexibility index (Phi) is 7.85. The summed E-state index contributed by atoms with van der Waals surface area (Å²) < 4.78 is 0. The number of carbonyl (C=O) groups excluding carboxylic acids is 2. The Hall–Kier alpha value is -3.91. The molecule has 1 saturated heterocycles. The number of nitro groups is 1. The fraction of sp³-hybridized carbons (Fsp3) is 0.259. The van der Waals surface area contributed by atoms with E-state index in [-0.39, 0.29) is 28.2 Å². The van der Waals surface area contributed by atoms with Crippen LogP contribution in [-0.2, 0) is 0 Å². The van der Waals surface area contributed by atoms with E-state index in [0.29, 0.717) is 11.3 Å². The molecule has 8 nitrogen and oxygen atoms in total. The molecule has 36 heavy (non-hydrogen) atoms. The molecular weight excluding hydrogens is 480 g/mol. The van der Waals surface area contributed by atoms with Crippen LogP contribution >= 0.6 is 11.6 Å². The second-order valence-electron chi connectivity index (χ2n) is 8.76. The third-order valence-corrected chi connectivity index (χ3v) is 6.56. The van der Waals surface area contributed by atoms with E-state index in [4.69, 9.17) is 11.6 Å². The van der Waals surface area contributed by atoms with E-state index >= 15 is 0 Å².